The second kappa shape index (κ2) is 5.80. The molecule has 1 aromatic rings. The molecule has 4 heteroatoms. The first-order valence-corrected chi connectivity index (χ1v) is 4.66. The summed E-state index contributed by atoms with van der Waals surface area (Å²) in [6.45, 7) is 4.16. The molecular weight excluding hydrogens is 192 g/mol. The lowest BCUT2D eigenvalue weighted by Crippen LogP contribution is -2.24. The number of amides is 1. The van der Waals surface area contributed by atoms with Gasteiger partial charge in [-0.15, -0.1) is 6.58 Å². The summed E-state index contributed by atoms with van der Waals surface area (Å²) in [6, 6.07) is 1.63. The first kappa shape index (κ1) is 11.2. The van der Waals surface area contributed by atoms with Crippen LogP contribution in [0.5, 0.6) is 5.75 Å². The summed E-state index contributed by atoms with van der Waals surface area (Å²) in [6.07, 6.45) is 5.58. The molecule has 1 amide bonds. The fraction of sp³-hybridized carbons (Fsp3) is 0.273. The van der Waals surface area contributed by atoms with Gasteiger partial charge in [0.05, 0.1) is 18.9 Å². The standard InChI is InChI=1S/C11H14N2O2/c1-3-4-6-13-11(14)9-5-7-12-8-10(9)15-2/h3,5,7-8H,1,4,6H2,2H3,(H,13,14). The third kappa shape index (κ3) is 3.09. The number of hydrogen-bond acceptors (Lipinski definition) is 3. The van der Waals surface area contributed by atoms with Gasteiger partial charge < -0.3 is 10.1 Å². The topological polar surface area (TPSA) is 51.2 Å². The summed E-state index contributed by atoms with van der Waals surface area (Å²) in [5, 5.41) is 2.76. The minimum atomic E-state index is -0.156. The van der Waals surface area contributed by atoms with E-state index in [-0.39, 0.29) is 5.91 Å². The van der Waals surface area contributed by atoms with Crippen molar-refractivity contribution in [3.05, 3.63) is 36.7 Å². The van der Waals surface area contributed by atoms with Crippen LogP contribution in [-0.2, 0) is 0 Å². The van der Waals surface area contributed by atoms with Crippen LogP contribution in [0.3, 0.4) is 0 Å². The lowest BCUT2D eigenvalue weighted by Gasteiger charge is -2.07. The summed E-state index contributed by atoms with van der Waals surface area (Å²) in [7, 11) is 1.51. The van der Waals surface area contributed by atoms with Crippen LogP contribution in [0.15, 0.2) is 31.1 Å². The minimum Gasteiger partial charge on any atom is -0.494 e. The number of pyridine rings is 1. The van der Waals surface area contributed by atoms with Crippen LogP contribution in [0.2, 0.25) is 0 Å². The van der Waals surface area contributed by atoms with Crippen molar-refractivity contribution in [2.24, 2.45) is 0 Å². The van der Waals surface area contributed by atoms with E-state index >= 15 is 0 Å². The minimum absolute atomic E-state index is 0.156. The van der Waals surface area contributed by atoms with Gasteiger partial charge in [-0.1, -0.05) is 6.08 Å². The smallest absolute Gasteiger partial charge is 0.255 e. The number of rotatable bonds is 5. The van der Waals surface area contributed by atoms with E-state index in [0.29, 0.717) is 17.9 Å². The van der Waals surface area contributed by atoms with E-state index in [1.54, 1.807) is 18.3 Å². The van der Waals surface area contributed by atoms with Gasteiger partial charge in [-0.3, -0.25) is 9.78 Å². The fourth-order valence-electron chi connectivity index (χ4n) is 1.11. The number of nitrogens with zero attached hydrogens (tertiary/aromatic N) is 1. The Kier molecular flexibility index (Phi) is 4.34. The molecular formula is C11H14N2O2. The number of ether oxygens (including phenoxy) is 1. The molecule has 0 atom stereocenters. The summed E-state index contributed by atoms with van der Waals surface area (Å²) in [5.41, 5.74) is 0.497. The van der Waals surface area contributed by atoms with Gasteiger partial charge in [-0.2, -0.15) is 0 Å². The Morgan fingerprint density at radius 3 is 3.20 bits per heavy atom. The molecule has 0 aliphatic rings. The maximum Gasteiger partial charge on any atom is 0.255 e. The van der Waals surface area contributed by atoms with Crippen molar-refractivity contribution in [1.82, 2.24) is 10.3 Å². The van der Waals surface area contributed by atoms with Gasteiger partial charge in [0.15, 0.2) is 0 Å². The van der Waals surface area contributed by atoms with E-state index in [1.165, 1.54) is 13.3 Å². The third-order valence-corrected chi connectivity index (χ3v) is 1.88. The van der Waals surface area contributed by atoms with E-state index in [0.717, 1.165) is 6.42 Å². The highest BCUT2D eigenvalue weighted by atomic mass is 16.5. The van der Waals surface area contributed by atoms with Crippen LogP contribution in [-0.4, -0.2) is 24.5 Å². The number of nitrogens with one attached hydrogen (secondary N) is 1. The van der Waals surface area contributed by atoms with Crippen molar-refractivity contribution in [2.75, 3.05) is 13.7 Å². The molecule has 1 N–H and O–H groups in total. The highest BCUT2D eigenvalue weighted by molar-refractivity contribution is 5.96. The van der Waals surface area contributed by atoms with Gasteiger partial charge in [-0.05, 0) is 12.5 Å². The zero-order valence-electron chi connectivity index (χ0n) is 8.69. The maximum absolute atomic E-state index is 11.6. The second-order valence-electron chi connectivity index (χ2n) is 2.91. The van der Waals surface area contributed by atoms with Gasteiger partial charge in [0.1, 0.15) is 5.75 Å². The van der Waals surface area contributed by atoms with Crippen molar-refractivity contribution >= 4 is 5.91 Å². The molecule has 0 spiro atoms. The largest absolute Gasteiger partial charge is 0.494 e. The summed E-state index contributed by atoms with van der Waals surface area (Å²) >= 11 is 0. The molecule has 0 bridgehead atoms. The Morgan fingerprint density at radius 1 is 1.73 bits per heavy atom. The van der Waals surface area contributed by atoms with E-state index in [1.807, 2.05) is 0 Å². The molecule has 0 saturated heterocycles. The first-order chi connectivity index (χ1) is 7.29. The third-order valence-electron chi connectivity index (χ3n) is 1.88. The number of carbonyl (C=O) groups excluding carboxylic acids is 1. The fourth-order valence-corrected chi connectivity index (χ4v) is 1.11. The zero-order valence-corrected chi connectivity index (χ0v) is 8.69. The quantitative estimate of drug-likeness (QED) is 0.585. The Morgan fingerprint density at radius 2 is 2.53 bits per heavy atom. The van der Waals surface area contributed by atoms with Gasteiger partial charge in [0.25, 0.3) is 5.91 Å². The van der Waals surface area contributed by atoms with E-state index in [9.17, 15) is 4.79 Å². The Hall–Kier alpha value is -1.84. The molecule has 80 valence electrons. The van der Waals surface area contributed by atoms with Crippen LogP contribution in [0.25, 0.3) is 0 Å². The predicted molar refractivity (Wildman–Crippen MR) is 57.9 cm³/mol. The van der Waals surface area contributed by atoms with Crippen LogP contribution >= 0.6 is 0 Å². The van der Waals surface area contributed by atoms with Crippen molar-refractivity contribution in [3.8, 4) is 5.75 Å². The number of hydrogen-bond donors (Lipinski definition) is 1. The molecule has 1 heterocycles. The molecule has 0 fully saturated rings. The summed E-state index contributed by atoms with van der Waals surface area (Å²) in [4.78, 5) is 15.5. The summed E-state index contributed by atoms with van der Waals surface area (Å²) < 4.78 is 5.03. The lowest BCUT2D eigenvalue weighted by atomic mass is 10.2. The van der Waals surface area contributed by atoms with Gasteiger partial charge in [0, 0.05) is 12.7 Å². The van der Waals surface area contributed by atoms with Crippen LogP contribution in [0.1, 0.15) is 16.8 Å². The number of carbonyl (C=O) groups is 1. The SMILES string of the molecule is C=CCCNC(=O)c1ccncc1OC. The highest BCUT2D eigenvalue weighted by Crippen LogP contribution is 2.14. The molecule has 0 radical (unpaired) electrons. The first-order valence-electron chi connectivity index (χ1n) is 4.66. The molecule has 0 aromatic carbocycles. The van der Waals surface area contributed by atoms with Crippen LogP contribution in [0, 0.1) is 0 Å². The molecule has 0 aliphatic carbocycles. The molecule has 1 aromatic heterocycles. The van der Waals surface area contributed by atoms with Gasteiger partial charge in [-0.25, -0.2) is 0 Å². The Bertz CT molecular complexity index is 350. The Balaban J connectivity index is 2.68. The van der Waals surface area contributed by atoms with Crippen molar-refractivity contribution in [3.63, 3.8) is 0 Å². The summed E-state index contributed by atoms with van der Waals surface area (Å²) in [5.74, 6) is 0.324. The number of methoxy groups -OCH3 is 1. The zero-order chi connectivity index (χ0) is 11.1. The average molecular weight is 206 g/mol. The molecule has 1 rings (SSSR count). The van der Waals surface area contributed by atoms with E-state index in [2.05, 4.69) is 16.9 Å². The van der Waals surface area contributed by atoms with Gasteiger partial charge in [0.2, 0.25) is 0 Å². The van der Waals surface area contributed by atoms with Crippen molar-refractivity contribution in [1.29, 1.82) is 0 Å². The Labute approximate surface area is 89.0 Å². The van der Waals surface area contributed by atoms with Gasteiger partial charge >= 0.3 is 0 Å². The van der Waals surface area contributed by atoms with E-state index in [4.69, 9.17) is 4.74 Å². The molecule has 0 unspecified atom stereocenters. The molecule has 4 nitrogen and oxygen atoms in total. The lowest BCUT2D eigenvalue weighted by molar-refractivity contribution is 0.0951. The molecule has 0 saturated carbocycles. The van der Waals surface area contributed by atoms with Crippen molar-refractivity contribution < 1.29 is 9.53 Å². The normalized spacial score (nSPS) is 9.40. The number of aromatic nitrogens is 1. The molecule has 15 heavy (non-hydrogen) atoms. The average Bonchev–Trinajstić information content (AvgIpc) is 2.29. The monoisotopic (exact) mass is 206 g/mol. The van der Waals surface area contributed by atoms with E-state index < -0.39 is 0 Å². The van der Waals surface area contributed by atoms with Crippen molar-refractivity contribution in [2.45, 2.75) is 6.42 Å². The predicted octanol–water partition coefficient (Wildman–Crippen LogP) is 1.40. The second-order valence-corrected chi connectivity index (χ2v) is 2.91. The highest BCUT2D eigenvalue weighted by Gasteiger charge is 2.10. The molecule has 0 aliphatic heterocycles. The van der Waals surface area contributed by atoms with Crippen LogP contribution in [0.4, 0.5) is 0 Å². The maximum atomic E-state index is 11.6. The van der Waals surface area contributed by atoms with Crippen LogP contribution < -0.4 is 10.1 Å².